The van der Waals surface area contributed by atoms with Gasteiger partial charge in [-0.25, -0.2) is 4.39 Å². The largest absolute Gasteiger partial charge is 0.496 e. The van der Waals surface area contributed by atoms with E-state index in [0.717, 1.165) is 29.8 Å². The third kappa shape index (κ3) is 3.02. The third-order valence-electron chi connectivity index (χ3n) is 4.25. The standard InChI is InChI=1S/C18H20FNO/c1-12-9-16(7-8-18(12)21-2)20-17-10-14(11-17)13-3-5-15(19)6-4-13/h3-9,14,17,20H,10-11H2,1-2H3. The van der Waals surface area contributed by atoms with Crippen LogP contribution in [-0.4, -0.2) is 13.2 Å². The summed E-state index contributed by atoms with van der Waals surface area (Å²) in [5, 5.41) is 3.55. The lowest BCUT2D eigenvalue weighted by molar-refractivity contribution is 0.373. The van der Waals surface area contributed by atoms with Gasteiger partial charge in [-0.2, -0.15) is 0 Å². The van der Waals surface area contributed by atoms with Gasteiger partial charge in [0.1, 0.15) is 11.6 Å². The maximum Gasteiger partial charge on any atom is 0.123 e. The van der Waals surface area contributed by atoms with Crippen LogP contribution in [0.5, 0.6) is 5.75 Å². The Morgan fingerprint density at radius 2 is 1.81 bits per heavy atom. The first-order valence-electron chi connectivity index (χ1n) is 7.32. The maximum absolute atomic E-state index is 12.9. The molecule has 0 unspecified atom stereocenters. The molecule has 1 aliphatic rings. The molecular formula is C18H20FNO. The van der Waals surface area contributed by atoms with Crippen LogP contribution in [-0.2, 0) is 0 Å². The highest BCUT2D eigenvalue weighted by Gasteiger charge is 2.30. The van der Waals surface area contributed by atoms with Crippen molar-refractivity contribution in [2.24, 2.45) is 0 Å². The van der Waals surface area contributed by atoms with Crippen molar-refractivity contribution >= 4 is 5.69 Å². The molecule has 0 aliphatic heterocycles. The molecular weight excluding hydrogens is 265 g/mol. The van der Waals surface area contributed by atoms with E-state index in [9.17, 15) is 4.39 Å². The van der Waals surface area contributed by atoms with E-state index in [1.807, 2.05) is 25.1 Å². The minimum atomic E-state index is -0.165. The van der Waals surface area contributed by atoms with Gasteiger partial charge in [-0.05, 0) is 67.1 Å². The van der Waals surface area contributed by atoms with E-state index in [1.165, 1.54) is 5.56 Å². The summed E-state index contributed by atoms with van der Waals surface area (Å²) >= 11 is 0. The number of methoxy groups -OCH3 is 1. The van der Waals surface area contributed by atoms with Crippen molar-refractivity contribution < 1.29 is 9.13 Å². The lowest BCUT2D eigenvalue weighted by atomic mass is 9.76. The van der Waals surface area contributed by atoms with Crippen molar-refractivity contribution in [1.82, 2.24) is 0 Å². The van der Waals surface area contributed by atoms with Gasteiger partial charge in [-0.3, -0.25) is 0 Å². The Morgan fingerprint density at radius 1 is 1.10 bits per heavy atom. The van der Waals surface area contributed by atoms with Crippen molar-refractivity contribution in [3.05, 3.63) is 59.4 Å². The number of ether oxygens (including phenoxy) is 1. The molecule has 2 aromatic rings. The van der Waals surface area contributed by atoms with Crippen molar-refractivity contribution in [3.8, 4) is 5.75 Å². The number of hydrogen-bond acceptors (Lipinski definition) is 2. The van der Waals surface area contributed by atoms with Crippen molar-refractivity contribution in [2.45, 2.75) is 31.7 Å². The second-order valence-corrected chi connectivity index (χ2v) is 5.75. The van der Waals surface area contributed by atoms with E-state index in [2.05, 4.69) is 17.4 Å². The summed E-state index contributed by atoms with van der Waals surface area (Å²) in [6.07, 6.45) is 2.19. The Labute approximate surface area is 125 Å². The summed E-state index contributed by atoms with van der Waals surface area (Å²) in [6, 6.07) is 13.5. The number of anilines is 1. The van der Waals surface area contributed by atoms with Crippen LogP contribution < -0.4 is 10.1 Å². The van der Waals surface area contributed by atoms with Gasteiger partial charge in [0.2, 0.25) is 0 Å². The molecule has 1 N–H and O–H groups in total. The van der Waals surface area contributed by atoms with E-state index in [0.29, 0.717) is 12.0 Å². The molecule has 3 rings (SSSR count). The molecule has 3 heteroatoms. The van der Waals surface area contributed by atoms with Gasteiger partial charge in [0.05, 0.1) is 7.11 Å². The monoisotopic (exact) mass is 285 g/mol. The highest BCUT2D eigenvalue weighted by molar-refractivity contribution is 5.51. The number of aryl methyl sites for hydroxylation is 1. The van der Waals surface area contributed by atoms with E-state index >= 15 is 0 Å². The Hall–Kier alpha value is -2.03. The quantitative estimate of drug-likeness (QED) is 0.893. The summed E-state index contributed by atoms with van der Waals surface area (Å²) in [7, 11) is 1.69. The first-order valence-corrected chi connectivity index (χ1v) is 7.32. The Bertz CT molecular complexity index is 618. The smallest absolute Gasteiger partial charge is 0.123 e. The normalized spacial score (nSPS) is 20.7. The summed E-state index contributed by atoms with van der Waals surface area (Å²) in [6.45, 7) is 2.05. The molecule has 21 heavy (non-hydrogen) atoms. The van der Waals surface area contributed by atoms with E-state index < -0.39 is 0 Å². The fraction of sp³-hybridized carbons (Fsp3) is 0.333. The lowest BCUT2D eigenvalue weighted by Crippen LogP contribution is -2.34. The van der Waals surface area contributed by atoms with Crippen LogP contribution >= 0.6 is 0 Å². The summed E-state index contributed by atoms with van der Waals surface area (Å²) in [5.74, 6) is 1.29. The average Bonchev–Trinajstić information content (AvgIpc) is 2.44. The second-order valence-electron chi connectivity index (χ2n) is 5.75. The SMILES string of the molecule is COc1ccc(NC2CC(c3ccc(F)cc3)C2)cc1C. The topological polar surface area (TPSA) is 21.3 Å². The van der Waals surface area contributed by atoms with Crippen LogP contribution in [0.2, 0.25) is 0 Å². The number of halogens is 1. The Balaban J connectivity index is 1.57. The summed E-state index contributed by atoms with van der Waals surface area (Å²) < 4.78 is 18.2. The molecule has 2 aromatic carbocycles. The van der Waals surface area contributed by atoms with E-state index in [1.54, 1.807) is 19.2 Å². The molecule has 110 valence electrons. The minimum absolute atomic E-state index is 0.165. The summed E-state index contributed by atoms with van der Waals surface area (Å²) in [5.41, 5.74) is 3.51. The van der Waals surface area contributed by atoms with Gasteiger partial charge >= 0.3 is 0 Å². The fourth-order valence-electron chi connectivity index (χ4n) is 2.95. The predicted molar refractivity (Wildman–Crippen MR) is 83.5 cm³/mol. The molecule has 1 fully saturated rings. The third-order valence-corrected chi connectivity index (χ3v) is 4.25. The van der Waals surface area contributed by atoms with Crippen molar-refractivity contribution in [1.29, 1.82) is 0 Å². The maximum atomic E-state index is 12.9. The first kappa shape index (κ1) is 13.9. The predicted octanol–water partition coefficient (Wildman–Crippen LogP) is 4.50. The zero-order valence-electron chi connectivity index (χ0n) is 12.4. The van der Waals surface area contributed by atoms with Crippen LogP contribution in [0.4, 0.5) is 10.1 Å². The zero-order chi connectivity index (χ0) is 14.8. The highest BCUT2D eigenvalue weighted by atomic mass is 19.1. The molecule has 2 nitrogen and oxygen atoms in total. The summed E-state index contributed by atoms with van der Waals surface area (Å²) in [4.78, 5) is 0. The molecule has 0 atom stereocenters. The van der Waals surface area contributed by atoms with Crippen molar-refractivity contribution in [2.75, 3.05) is 12.4 Å². The van der Waals surface area contributed by atoms with Crippen LogP contribution in [0.3, 0.4) is 0 Å². The van der Waals surface area contributed by atoms with E-state index in [4.69, 9.17) is 4.74 Å². The molecule has 1 saturated carbocycles. The molecule has 1 aliphatic carbocycles. The molecule has 0 spiro atoms. The lowest BCUT2D eigenvalue weighted by Gasteiger charge is -2.37. The van der Waals surface area contributed by atoms with Crippen LogP contribution in [0, 0.1) is 12.7 Å². The van der Waals surface area contributed by atoms with Crippen LogP contribution in [0.25, 0.3) is 0 Å². The van der Waals surface area contributed by atoms with Crippen LogP contribution in [0.1, 0.15) is 29.9 Å². The molecule has 0 saturated heterocycles. The second kappa shape index (κ2) is 5.76. The minimum Gasteiger partial charge on any atom is -0.496 e. The fourth-order valence-corrected chi connectivity index (χ4v) is 2.95. The Morgan fingerprint density at radius 3 is 2.43 bits per heavy atom. The van der Waals surface area contributed by atoms with Gasteiger partial charge in [0, 0.05) is 11.7 Å². The van der Waals surface area contributed by atoms with Crippen LogP contribution in [0.15, 0.2) is 42.5 Å². The molecule has 0 bridgehead atoms. The number of rotatable bonds is 4. The number of hydrogen-bond donors (Lipinski definition) is 1. The number of benzene rings is 2. The van der Waals surface area contributed by atoms with Gasteiger partial charge in [-0.1, -0.05) is 12.1 Å². The molecule has 0 aromatic heterocycles. The first-order chi connectivity index (χ1) is 10.2. The van der Waals surface area contributed by atoms with Gasteiger partial charge < -0.3 is 10.1 Å². The Kier molecular flexibility index (Phi) is 3.82. The molecule has 0 amide bonds. The van der Waals surface area contributed by atoms with E-state index in [-0.39, 0.29) is 5.82 Å². The zero-order valence-corrected chi connectivity index (χ0v) is 12.4. The molecule has 0 radical (unpaired) electrons. The molecule has 0 heterocycles. The number of nitrogens with one attached hydrogen (secondary N) is 1. The average molecular weight is 285 g/mol. The highest BCUT2D eigenvalue weighted by Crippen LogP contribution is 2.38. The van der Waals surface area contributed by atoms with Gasteiger partial charge in [0.15, 0.2) is 0 Å². The van der Waals surface area contributed by atoms with Gasteiger partial charge in [0.25, 0.3) is 0 Å². The van der Waals surface area contributed by atoms with Crippen molar-refractivity contribution in [3.63, 3.8) is 0 Å². The van der Waals surface area contributed by atoms with Gasteiger partial charge in [-0.15, -0.1) is 0 Å².